The lowest BCUT2D eigenvalue weighted by molar-refractivity contribution is 0.0694. The molecule has 4 rings (SSSR count). The topological polar surface area (TPSA) is 56.7 Å². The van der Waals surface area contributed by atoms with Gasteiger partial charge in [0.1, 0.15) is 0 Å². The summed E-state index contributed by atoms with van der Waals surface area (Å²) in [7, 11) is 0. The Hall–Kier alpha value is -2.76. The minimum atomic E-state index is -0.892. The van der Waals surface area contributed by atoms with Crippen LogP contribution in [0.5, 0.6) is 0 Å². The first-order chi connectivity index (χ1) is 14.0. The lowest BCUT2D eigenvalue weighted by atomic mass is 9.96. The summed E-state index contributed by atoms with van der Waals surface area (Å²) in [5, 5.41) is 10.8. The van der Waals surface area contributed by atoms with Gasteiger partial charge in [0.25, 0.3) is 0 Å². The summed E-state index contributed by atoms with van der Waals surface area (Å²) in [6, 6.07) is 18.0. The van der Waals surface area contributed by atoms with Gasteiger partial charge in [-0.25, -0.2) is 9.78 Å². The number of para-hydroxylation sites is 1. The maximum Gasteiger partial charge on any atom is 0.336 e. The molecule has 5 heteroatoms. The van der Waals surface area contributed by atoms with Crippen molar-refractivity contribution in [3.05, 3.63) is 65.7 Å². The predicted molar refractivity (Wildman–Crippen MR) is 116 cm³/mol. The molecule has 1 saturated heterocycles. The number of rotatable bonds is 5. The number of fused-ring (bicyclic) bond motifs is 1. The van der Waals surface area contributed by atoms with Crippen LogP contribution in [-0.2, 0) is 6.54 Å². The molecule has 1 fully saturated rings. The Labute approximate surface area is 171 Å². The average molecular weight is 389 g/mol. The van der Waals surface area contributed by atoms with Gasteiger partial charge >= 0.3 is 5.97 Å². The molecule has 150 valence electrons. The Balaban J connectivity index is 1.80. The van der Waals surface area contributed by atoms with Crippen molar-refractivity contribution in [2.24, 2.45) is 0 Å². The van der Waals surface area contributed by atoms with Crippen LogP contribution in [0.2, 0.25) is 0 Å². The van der Waals surface area contributed by atoms with Crippen LogP contribution >= 0.6 is 0 Å². The molecule has 1 aliphatic rings. The van der Waals surface area contributed by atoms with E-state index in [-0.39, 0.29) is 0 Å². The first-order valence-corrected chi connectivity index (χ1v) is 10.2. The SMILES string of the molecule is CC(C)N1CCN(Cc2c(-c3ccccc3)nc3ccccc3c2C(=O)O)CC1. The van der Waals surface area contributed by atoms with Gasteiger partial charge in [-0.3, -0.25) is 9.80 Å². The van der Waals surface area contributed by atoms with Gasteiger partial charge in [-0.05, 0) is 19.9 Å². The van der Waals surface area contributed by atoms with Crippen molar-refractivity contribution < 1.29 is 9.90 Å². The Morgan fingerprint density at radius 1 is 1.00 bits per heavy atom. The zero-order valence-electron chi connectivity index (χ0n) is 17.0. The van der Waals surface area contributed by atoms with Crippen molar-refractivity contribution in [1.29, 1.82) is 0 Å². The summed E-state index contributed by atoms with van der Waals surface area (Å²) in [5.41, 5.74) is 3.63. The molecule has 0 unspecified atom stereocenters. The molecular formula is C24H27N3O2. The maximum absolute atomic E-state index is 12.3. The van der Waals surface area contributed by atoms with Crippen LogP contribution in [0.4, 0.5) is 0 Å². The zero-order chi connectivity index (χ0) is 20.4. The van der Waals surface area contributed by atoms with Crippen molar-refractivity contribution in [2.45, 2.75) is 26.4 Å². The largest absolute Gasteiger partial charge is 0.478 e. The molecule has 1 aliphatic heterocycles. The number of aromatic carboxylic acids is 1. The van der Waals surface area contributed by atoms with Gasteiger partial charge in [0, 0.05) is 55.3 Å². The Kier molecular flexibility index (Phi) is 5.60. The van der Waals surface area contributed by atoms with Gasteiger partial charge in [0.05, 0.1) is 16.8 Å². The van der Waals surface area contributed by atoms with Crippen LogP contribution in [0.3, 0.4) is 0 Å². The summed E-state index contributed by atoms with van der Waals surface area (Å²) >= 11 is 0. The molecule has 0 bridgehead atoms. The number of hydrogen-bond donors (Lipinski definition) is 1. The first-order valence-electron chi connectivity index (χ1n) is 10.2. The molecule has 2 heterocycles. The summed E-state index contributed by atoms with van der Waals surface area (Å²) in [5.74, 6) is -0.892. The number of carboxylic acid groups (broad SMARTS) is 1. The number of aromatic nitrogens is 1. The van der Waals surface area contributed by atoms with E-state index in [4.69, 9.17) is 4.98 Å². The number of carboxylic acids is 1. The zero-order valence-corrected chi connectivity index (χ0v) is 17.0. The predicted octanol–water partition coefficient (Wildman–Crippen LogP) is 4.13. The van der Waals surface area contributed by atoms with Gasteiger partial charge in [-0.15, -0.1) is 0 Å². The molecule has 0 spiro atoms. The molecule has 29 heavy (non-hydrogen) atoms. The van der Waals surface area contributed by atoms with Gasteiger partial charge in [0.15, 0.2) is 0 Å². The van der Waals surface area contributed by atoms with E-state index in [1.54, 1.807) is 0 Å². The van der Waals surface area contributed by atoms with E-state index in [1.807, 2.05) is 54.6 Å². The highest BCUT2D eigenvalue weighted by atomic mass is 16.4. The summed E-state index contributed by atoms with van der Waals surface area (Å²) in [6.07, 6.45) is 0. The highest BCUT2D eigenvalue weighted by Crippen LogP contribution is 2.31. The number of pyridine rings is 1. The summed E-state index contributed by atoms with van der Waals surface area (Å²) in [6.45, 7) is 8.90. The fourth-order valence-electron chi connectivity index (χ4n) is 4.15. The van der Waals surface area contributed by atoms with E-state index in [1.165, 1.54) is 0 Å². The third-order valence-corrected chi connectivity index (χ3v) is 5.77. The van der Waals surface area contributed by atoms with Crippen molar-refractivity contribution >= 4 is 16.9 Å². The van der Waals surface area contributed by atoms with E-state index < -0.39 is 5.97 Å². The van der Waals surface area contributed by atoms with Crippen LogP contribution in [0.15, 0.2) is 54.6 Å². The minimum Gasteiger partial charge on any atom is -0.478 e. The van der Waals surface area contributed by atoms with Crippen LogP contribution in [0.1, 0.15) is 29.8 Å². The third kappa shape index (κ3) is 4.02. The average Bonchev–Trinajstić information content (AvgIpc) is 2.74. The van der Waals surface area contributed by atoms with Crippen molar-refractivity contribution in [1.82, 2.24) is 14.8 Å². The molecular weight excluding hydrogens is 362 g/mol. The Morgan fingerprint density at radius 2 is 1.66 bits per heavy atom. The number of nitrogens with zero attached hydrogens (tertiary/aromatic N) is 3. The van der Waals surface area contributed by atoms with Gasteiger partial charge < -0.3 is 5.11 Å². The summed E-state index contributed by atoms with van der Waals surface area (Å²) in [4.78, 5) is 22.1. The standard InChI is InChI=1S/C24H27N3O2/c1-17(2)27-14-12-26(13-15-27)16-20-22(24(28)29)19-10-6-7-11-21(19)25-23(20)18-8-4-3-5-9-18/h3-11,17H,12-16H2,1-2H3,(H,28,29). The normalized spacial score (nSPS) is 15.8. The smallest absolute Gasteiger partial charge is 0.336 e. The van der Waals surface area contributed by atoms with E-state index in [0.29, 0.717) is 23.5 Å². The second kappa shape index (κ2) is 8.31. The second-order valence-corrected chi connectivity index (χ2v) is 7.91. The molecule has 1 aromatic heterocycles. The highest BCUT2D eigenvalue weighted by Gasteiger charge is 2.25. The number of benzene rings is 2. The fraction of sp³-hybridized carbons (Fsp3) is 0.333. The molecule has 0 aliphatic carbocycles. The summed E-state index contributed by atoms with van der Waals surface area (Å²) < 4.78 is 0. The molecule has 1 N–H and O–H groups in total. The monoisotopic (exact) mass is 389 g/mol. The molecule has 2 aromatic carbocycles. The van der Waals surface area contributed by atoms with Crippen LogP contribution < -0.4 is 0 Å². The molecule has 5 nitrogen and oxygen atoms in total. The Morgan fingerprint density at radius 3 is 2.31 bits per heavy atom. The van der Waals surface area contributed by atoms with Crippen LogP contribution in [0.25, 0.3) is 22.2 Å². The first kappa shape index (κ1) is 19.6. The quantitative estimate of drug-likeness (QED) is 0.711. The van der Waals surface area contributed by atoms with Crippen LogP contribution in [0, 0.1) is 0 Å². The number of piperazine rings is 1. The second-order valence-electron chi connectivity index (χ2n) is 7.91. The molecule has 0 atom stereocenters. The van der Waals surface area contributed by atoms with Crippen molar-refractivity contribution in [2.75, 3.05) is 26.2 Å². The highest BCUT2D eigenvalue weighted by molar-refractivity contribution is 6.05. The van der Waals surface area contributed by atoms with Gasteiger partial charge in [-0.1, -0.05) is 48.5 Å². The molecule has 3 aromatic rings. The number of hydrogen-bond acceptors (Lipinski definition) is 4. The van der Waals surface area contributed by atoms with Gasteiger partial charge in [0.2, 0.25) is 0 Å². The molecule has 0 saturated carbocycles. The van der Waals surface area contributed by atoms with E-state index in [0.717, 1.165) is 48.5 Å². The minimum absolute atomic E-state index is 0.376. The van der Waals surface area contributed by atoms with Gasteiger partial charge in [-0.2, -0.15) is 0 Å². The van der Waals surface area contributed by atoms with E-state index >= 15 is 0 Å². The third-order valence-electron chi connectivity index (χ3n) is 5.77. The molecule has 0 amide bonds. The maximum atomic E-state index is 12.3. The van der Waals surface area contributed by atoms with Crippen molar-refractivity contribution in [3.63, 3.8) is 0 Å². The lowest BCUT2D eigenvalue weighted by Crippen LogP contribution is -2.48. The van der Waals surface area contributed by atoms with Crippen molar-refractivity contribution in [3.8, 4) is 11.3 Å². The van der Waals surface area contributed by atoms with Crippen LogP contribution in [-0.4, -0.2) is 58.1 Å². The van der Waals surface area contributed by atoms with E-state index in [9.17, 15) is 9.90 Å². The van der Waals surface area contributed by atoms with E-state index in [2.05, 4.69) is 23.6 Å². The fourth-order valence-corrected chi connectivity index (χ4v) is 4.15. The Bertz CT molecular complexity index is 1010. The molecule has 0 radical (unpaired) electrons. The lowest BCUT2D eigenvalue weighted by Gasteiger charge is -2.37. The number of carbonyl (C=O) groups is 1.